The summed E-state index contributed by atoms with van der Waals surface area (Å²) in [5.41, 5.74) is 0.354. The maximum Gasteiger partial charge on any atom is 0.0816 e. The molecule has 2 nitrogen and oxygen atoms in total. The van der Waals surface area contributed by atoms with Gasteiger partial charge in [-0.15, -0.1) is 0 Å². The van der Waals surface area contributed by atoms with Crippen LogP contribution in [0.25, 0.3) is 0 Å². The number of nitrogens with zero attached hydrogens (tertiary/aromatic N) is 1. The smallest absolute Gasteiger partial charge is 0.0816 e. The maximum absolute atomic E-state index is 9.07. The summed E-state index contributed by atoms with van der Waals surface area (Å²) in [7, 11) is 0. The van der Waals surface area contributed by atoms with Crippen LogP contribution in [0.15, 0.2) is 28.7 Å². The number of rotatable bonds is 3. The van der Waals surface area contributed by atoms with Crippen molar-refractivity contribution in [3.63, 3.8) is 0 Å². The predicted octanol–water partition coefficient (Wildman–Crippen LogP) is 2.61. The van der Waals surface area contributed by atoms with Gasteiger partial charge in [0, 0.05) is 11.1 Å². The van der Waals surface area contributed by atoms with Crippen LogP contribution in [-0.4, -0.2) is 11.7 Å². The second-order valence-electron chi connectivity index (χ2n) is 3.42. The van der Waals surface area contributed by atoms with Crippen LogP contribution in [0, 0.1) is 11.3 Å². The summed E-state index contributed by atoms with van der Waals surface area (Å²) in [6.07, 6.45) is 0.463. The monoisotopic (exact) mass is 253 g/mol. The fourth-order valence-corrected chi connectivity index (χ4v) is 1.57. The Morgan fingerprint density at radius 3 is 2.43 bits per heavy atom. The molecule has 0 radical (unpaired) electrons. The van der Waals surface area contributed by atoms with Crippen molar-refractivity contribution in [3.8, 4) is 6.07 Å². The number of aliphatic hydroxyl groups is 1. The average molecular weight is 254 g/mol. The van der Waals surface area contributed by atoms with Gasteiger partial charge in [0.25, 0.3) is 0 Å². The van der Waals surface area contributed by atoms with E-state index in [-0.39, 0.29) is 6.61 Å². The van der Waals surface area contributed by atoms with Crippen molar-refractivity contribution in [1.82, 2.24) is 0 Å². The van der Waals surface area contributed by atoms with Crippen molar-refractivity contribution >= 4 is 15.9 Å². The fourth-order valence-electron chi connectivity index (χ4n) is 1.31. The highest BCUT2D eigenvalue weighted by Gasteiger charge is 2.25. The van der Waals surface area contributed by atoms with Crippen molar-refractivity contribution in [3.05, 3.63) is 34.3 Å². The highest BCUT2D eigenvalue weighted by Crippen LogP contribution is 2.27. The topological polar surface area (TPSA) is 44.0 Å². The van der Waals surface area contributed by atoms with Crippen molar-refractivity contribution in [2.45, 2.75) is 18.8 Å². The largest absolute Gasteiger partial charge is 0.396 e. The molecule has 0 spiro atoms. The molecule has 0 aliphatic rings. The van der Waals surface area contributed by atoms with E-state index in [1.807, 2.05) is 31.2 Å². The zero-order valence-electron chi connectivity index (χ0n) is 8.00. The summed E-state index contributed by atoms with van der Waals surface area (Å²) in [5, 5.41) is 18.0. The van der Waals surface area contributed by atoms with Gasteiger partial charge in [0.1, 0.15) is 0 Å². The van der Waals surface area contributed by atoms with Crippen molar-refractivity contribution in [2.24, 2.45) is 0 Å². The molecular formula is C11H12BrNO. The van der Waals surface area contributed by atoms with Gasteiger partial charge in [-0.25, -0.2) is 0 Å². The molecule has 1 atom stereocenters. The Morgan fingerprint density at radius 1 is 1.43 bits per heavy atom. The molecule has 74 valence electrons. The second kappa shape index (κ2) is 4.59. The fraction of sp³-hybridized carbons (Fsp3) is 0.364. The zero-order chi connectivity index (χ0) is 10.6. The molecule has 0 heterocycles. The maximum atomic E-state index is 9.07. The Balaban J connectivity index is 3.01. The lowest BCUT2D eigenvalue weighted by atomic mass is 9.81. The van der Waals surface area contributed by atoms with E-state index in [0.29, 0.717) is 6.42 Å². The van der Waals surface area contributed by atoms with E-state index in [4.69, 9.17) is 10.4 Å². The van der Waals surface area contributed by atoms with Crippen LogP contribution in [0.5, 0.6) is 0 Å². The first-order valence-electron chi connectivity index (χ1n) is 4.40. The lowest BCUT2D eigenvalue weighted by Crippen LogP contribution is -2.20. The molecule has 0 aliphatic heterocycles. The van der Waals surface area contributed by atoms with Crippen LogP contribution >= 0.6 is 15.9 Å². The van der Waals surface area contributed by atoms with E-state index in [1.54, 1.807) is 0 Å². The Kier molecular flexibility index (Phi) is 3.68. The van der Waals surface area contributed by atoms with Gasteiger partial charge in [-0.2, -0.15) is 5.26 Å². The molecule has 1 rings (SSSR count). The van der Waals surface area contributed by atoms with E-state index in [9.17, 15) is 0 Å². The summed E-state index contributed by atoms with van der Waals surface area (Å²) >= 11 is 3.34. The zero-order valence-corrected chi connectivity index (χ0v) is 9.58. The van der Waals surface area contributed by atoms with Crippen molar-refractivity contribution in [2.75, 3.05) is 6.61 Å². The highest BCUT2D eigenvalue weighted by atomic mass is 79.9. The molecule has 1 N–H and O–H groups in total. The van der Waals surface area contributed by atoms with Gasteiger partial charge in [-0.1, -0.05) is 28.1 Å². The van der Waals surface area contributed by atoms with Crippen LogP contribution in [-0.2, 0) is 5.41 Å². The molecule has 1 unspecified atom stereocenters. The van der Waals surface area contributed by atoms with E-state index < -0.39 is 5.41 Å². The van der Waals surface area contributed by atoms with Crippen LogP contribution in [0.4, 0.5) is 0 Å². The molecule has 0 aliphatic carbocycles. The van der Waals surface area contributed by atoms with E-state index >= 15 is 0 Å². The van der Waals surface area contributed by atoms with Crippen molar-refractivity contribution < 1.29 is 5.11 Å². The lowest BCUT2D eigenvalue weighted by Gasteiger charge is -2.20. The normalized spacial score (nSPS) is 14.4. The van der Waals surface area contributed by atoms with Crippen LogP contribution in [0.2, 0.25) is 0 Å². The lowest BCUT2D eigenvalue weighted by molar-refractivity contribution is 0.264. The summed E-state index contributed by atoms with van der Waals surface area (Å²) in [6, 6.07) is 9.86. The van der Waals surface area contributed by atoms with Gasteiger partial charge in [0.2, 0.25) is 0 Å². The summed E-state index contributed by atoms with van der Waals surface area (Å²) in [5.74, 6) is 0. The molecule has 0 aromatic heterocycles. The highest BCUT2D eigenvalue weighted by molar-refractivity contribution is 9.10. The molecule has 3 heteroatoms. The van der Waals surface area contributed by atoms with E-state index in [1.165, 1.54) is 0 Å². The van der Waals surface area contributed by atoms with Gasteiger partial charge >= 0.3 is 0 Å². The molecule has 1 aromatic carbocycles. The Morgan fingerprint density at radius 2 is 2.00 bits per heavy atom. The number of hydrogen-bond acceptors (Lipinski definition) is 2. The van der Waals surface area contributed by atoms with Crippen LogP contribution in [0.1, 0.15) is 18.9 Å². The molecule has 0 fully saturated rings. The minimum absolute atomic E-state index is 0.0279. The number of hydrogen-bond donors (Lipinski definition) is 1. The van der Waals surface area contributed by atoms with E-state index in [0.717, 1.165) is 10.0 Å². The van der Waals surface area contributed by atoms with Gasteiger partial charge in [0.05, 0.1) is 11.5 Å². The van der Waals surface area contributed by atoms with Crippen LogP contribution < -0.4 is 0 Å². The Hall–Kier alpha value is -0.850. The Bertz CT molecular complexity index is 341. The summed E-state index contributed by atoms with van der Waals surface area (Å²) < 4.78 is 0.991. The number of benzene rings is 1. The molecular weight excluding hydrogens is 242 g/mol. The summed E-state index contributed by atoms with van der Waals surface area (Å²) in [4.78, 5) is 0. The minimum Gasteiger partial charge on any atom is -0.396 e. The van der Waals surface area contributed by atoms with Crippen LogP contribution in [0.3, 0.4) is 0 Å². The molecule has 0 saturated carbocycles. The van der Waals surface area contributed by atoms with Gasteiger partial charge in [-0.3, -0.25) is 0 Å². The van der Waals surface area contributed by atoms with Gasteiger partial charge in [0.15, 0.2) is 0 Å². The number of nitriles is 1. The average Bonchev–Trinajstić information content (AvgIpc) is 2.19. The quantitative estimate of drug-likeness (QED) is 0.900. The first-order chi connectivity index (χ1) is 6.62. The molecule has 14 heavy (non-hydrogen) atoms. The molecule has 0 bridgehead atoms. The summed E-state index contributed by atoms with van der Waals surface area (Å²) in [6.45, 7) is 1.87. The minimum atomic E-state index is -0.588. The van der Waals surface area contributed by atoms with Crippen molar-refractivity contribution in [1.29, 1.82) is 5.26 Å². The second-order valence-corrected chi connectivity index (χ2v) is 4.34. The van der Waals surface area contributed by atoms with Gasteiger partial charge < -0.3 is 5.11 Å². The molecule has 0 saturated heterocycles. The third-order valence-electron chi connectivity index (χ3n) is 2.34. The third kappa shape index (κ3) is 2.34. The van der Waals surface area contributed by atoms with E-state index in [2.05, 4.69) is 22.0 Å². The third-order valence-corrected chi connectivity index (χ3v) is 2.87. The van der Waals surface area contributed by atoms with Gasteiger partial charge in [-0.05, 0) is 31.0 Å². The predicted molar refractivity (Wildman–Crippen MR) is 58.8 cm³/mol. The molecule has 0 amide bonds. The first-order valence-corrected chi connectivity index (χ1v) is 5.20. The number of aliphatic hydroxyl groups excluding tert-OH is 1. The Labute approximate surface area is 92.3 Å². The number of halogens is 1. The SMILES string of the molecule is CC(C#N)(CCO)c1ccc(Br)cc1. The first kappa shape index (κ1) is 11.2. The standard InChI is InChI=1S/C11H12BrNO/c1-11(8-13,6-7-14)9-2-4-10(12)5-3-9/h2-5,14H,6-7H2,1H3. The molecule has 1 aromatic rings.